The quantitative estimate of drug-likeness (QED) is 0.734. The summed E-state index contributed by atoms with van der Waals surface area (Å²) in [5.74, 6) is 0. The minimum absolute atomic E-state index is 0.101. The van der Waals surface area contributed by atoms with Crippen LogP contribution in [0.5, 0.6) is 0 Å². The molecule has 0 aliphatic rings. The van der Waals surface area contributed by atoms with Gasteiger partial charge in [-0.15, -0.1) is 0 Å². The smallest absolute Gasteiger partial charge is 0.0377 e. The summed E-state index contributed by atoms with van der Waals surface area (Å²) >= 11 is 0. The molecule has 0 aliphatic carbocycles. The number of hydrogen-bond donors (Lipinski definition) is 1. The van der Waals surface area contributed by atoms with Gasteiger partial charge in [0.25, 0.3) is 0 Å². The fourth-order valence-electron chi connectivity index (χ4n) is 1.15. The standard InChI is InChI=1S/C9H21NOS/c1-5-8(6-7-10)12(11)9(2,3)4/h8H,5-7,10H2,1-4H3. The van der Waals surface area contributed by atoms with Crippen LogP contribution >= 0.6 is 0 Å². The molecule has 2 atom stereocenters. The maximum atomic E-state index is 11.8. The third kappa shape index (κ3) is 3.68. The molecule has 0 rings (SSSR count). The highest BCUT2D eigenvalue weighted by Gasteiger charge is 2.25. The van der Waals surface area contributed by atoms with Gasteiger partial charge in [-0.2, -0.15) is 0 Å². The van der Waals surface area contributed by atoms with Crippen LogP contribution in [-0.4, -0.2) is 20.8 Å². The summed E-state index contributed by atoms with van der Waals surface area (Å²) in [6.45, 7) is 8.76. The van der Waals surface area contributed by atoms with Crippen molar-refractivity contribution < 1.29 is 4.21 Å². The van der Waals surface area contributed by atoms with Gasteiger partial charge >= 0.3 is 0 Å². The van der Waals surface area contributed by atoms with Gasteiger partial charge in [0.15, 0.2) is 0 Å². The second kappa shape index (κ2) is 4.97. The predicted molar refractivity (Wildman–Crippen MR) is 55.6 cm³/mol. The molecule has 0 aromatic carbocycles. The Morgan fingerprint density at radius 2 is 1.92 bits per heavy atom. The van der Waals surface area contributed by atoms with Crippen LogP contribution in [0.15, 0.2) is 0 Å². The first kappa shape index (κ1) is 12.1. The van der Waals surface area contributed by atoms with E-state index in [0.29, 0.717) is 6.54 Å². The molecule has 2 N–H and O–H groups in total. The Balaban J connectivity index is 4.22. The Labute approximate surface area is 78.4 Å². The topological polar surface area (TPSA) is 43.1 Å². The van der Waals surface area contributed by atoms with E-state index in [-0.39, 0.29) is 10.00 Å². The van der Waals surface area contributed by atoms with Crippen molar-refractivity contribution in [1.29, 1.82) is 0 Å². The zero-order valence-corrected chi connectivity index (χ0v) is 9.41. The second-order valence-corrected chi connectivity index (χ2v) is 6.50. The summed E-state index contributed by atoms with van der Waals surface area (Å²) in [7, 11) is -0.755. The summed E-state index contributed by atoms with van der Waals surface area (Å²) < 4.78 is 11.7. The van der Waals surface area contributed by atoms with E-state index in [4.69, 9.17) is 5.73 Å². The van der Waals surface area contributed by atoms with E-state index in [0.717, 1.165) is 12.8 Å². The number of hydrogen-bond acceptors (Lipinski definition) is 2. The molecule has 2 nitrogen and oxygen atoms in total. The Hall–Kier alpha value is 0.110. The van der Waals surface area contributed by atoms with Crippen molar-refractivity contribution in [3.8, 4) is 0 Å². The molecule has 0 saturated heterocycles. The van der Waals surface area contributed by atoms with E-state index in [1.54, 1.807) is 0 Å². The molecular formula is C9H21NOS. The zero-order chi connectivity index (χ0) is 9.78. The first-order valence-corrected chi connectivity index (χ1v) is 5.75. The fourth-order valence-corrected chi connectivity index (χ4v) is 2.80. The monoisotopic (exact) mass is 191 g/mol. The average Bonchev–Trinajstić information content (AvgIpc) is 1.97. The Kier molecular flexibility index (Phi) is 5.02. The van der Waals surface area contributed by atoms with Gasteiger partial charge < -0.3 is 5.73 Å². The summed E-state index contributed by atoms with van der Waals surface area (Å²) in [4.78, 5) is 0. The van der Waals surface area contributed by atoms with Crippen LogP contribution < -0.4 is 5.73 Å². The van der Waals surface area contributed by atoms with Crippen molar-refractivity contribution in [3.05, 3.63) is 0 Å². The molecule has 0 radical (unpaired) electrons. The van der Waals surface area contributed by atoms with E-state index in [2.05, 4.69) is 6.92 Å². The molecule has 2 unspecified atom stereocenters. The molecule has 0 heterocycles. The van der Waals surface area contributed by atoms with Crippen LogP contribution in [0.2, 0.25) is 0 Å². The minimum atomic E-state index is -0.755. The molecule has 0 aromatic rings. The third-order valence-corrected chi connectivity index (χ3v) is 4.23. The van der Waals surface area contributed by atoms with Crippen molar-refractivity contribution in [2.45, 2.75) is 50.5 Å². The molecule has 0 aromatic heterocycles. The van der Waals surface area contributed by atoms with Gasteiger partial charge in [0, 0.05) is 20.8 Å². The van der Waals surface area contributed by atoms with Crippen molar-refractivity contribution >= 4 is 10.8 Å². The maximum absolute atomic E-state index is 11.8. The van der Waals surface area contributed by atoms with Crippen molar-refractivity contribution in [2.24, 2.45) is 5.73 Å². The minimum Gasteiger partial charge on any atom is -0.330 e. The lowest BCUT2D eigenvalue weighted by atomic mass is 10.2. The lowest BCUT2D eigenvalue weighted by Crippen LogP contribution is -2.32. The van der Waals surface area contributed by atoms with E-state index < -0.39 is 10.8 Å². The average molecular weight is 191 g/mol. The van der Waals surface area contributed by atoms with Crippen LogP contribution in [-0.2, 0) is 10.8 Å². The van der Waals surface area contributed by atoms with Crippen molar-refractivity contribution in [3.63, 3.8) is 0 Å². The molecule has 74 valence electrons. The van der Waals surface area contributed by atoms with Gasteiger partial charge in [-0.05, 0) is 40.2 Å². The molecule has 0 bridgehead atoms. The Morgan fingerprint density at radius 1 is 1.42 bits per heavy atom. The van der Waals surface area contributed by atoms with Gasteiger partial charge in [0.2, 0.25) is 0 Å². The van der Waals surface area contributed by atoms with Crippen LogP contribution in [0, 0.1) is 0 Å². The molecular weight excluding hydrogens is 170 g/mol. The van der Waals surface area contributed by atoms with Gasteiger partial charge in [0.05, 0.1) is 0 Å². The highest BCUT2D eigenvalue weighted by molar-refractivity contribution is 7.87. The first-order valence-electron chi connectivity index (χ1n) is 4.54. The molecule has 3 heteroatoms. The van der Waals surface area contributed by atoms with Crippen molar-refractivity contribution in [2.75, 3.05) is 6.54 Å². The van der Waals surface area contributed by atoms with Crippen LogP contribution in [0.25, 0.3) is 0 Å². The molecule has 0 amide bonds. The van der Waals surface area contributed by atoms with Crippen molar-refractivity contribution in [1.82, 2.24) is 0 Å². The van der Waals surface area contributed by atoms with E-state index in [9.17, 15) is 4.21 Å². The highest BCUT2D eigenvalue weighted by Crippen LogP contribution is 2.19. The van der Waals surface area contributed by atoms with Gasteiger partial charge in [0.1, 0.15) is 0 Å². The molecule has 0 fully saturated rings. The third-order valence-electron chi connectivity index (χ3n) is 1.85. The summed E-state index contributed by atoms with van der Waals surface area (Å²) in [6.07, 6.45) is 1.83. The van der Waals surface area contributed by atoms with Gasteiger partial charge in [-0.1, -0.05) is 6.92 Å². The van der Waals surface area contributed by atoms with E-state index in [1.807, 2.05) is 20.8 Å². The van der Waals surface area contributed by atoms with Gasteiger partial charge in [-0.3, -0.25) is 4.21 Å². The maximum Gasteiger partial charge on any atom is 0.0377 e. The Morgan fingerprint density at radius 3 is 2.17 bits per heavy atom. The number of nitrogens with two attached hydrogens (primary N) is 1. The molecule has 12 heavy (non-hydrogen) atoms. The van der Waals surface area contributed by atoms with Crippen LogP contribution in [0.3, 0.4) is 0 Å². The lowest BCUT2D eigenvalue weighted by Gasteiger charge is -2.24. The molecule has 0 aliphatic heterocycles. The first-order chi connectivity index (χ1) is 5.43. The normalized spacial score (nSPS) is 17.4. The fraction of sp³-hybridized carbons (Fsp3) is 1.00. The second-order valence-electron chi connectivity index (χ2n) is 4.02. The van der Waals surface area contributed by atoms with E-state index in [1.165, 1.54) is 0 Å². The van der Waals surface area contributed by atoms with Crippen LogP contribution in [0.4, 0.5) is 0 Å². The summed E-state index contributed by atoms with van der Waals surface area (Å²) in [6, 6.07) is 0. The zero-order valence-electron chi connectivity index (χ0n) is 8.59. The summed E-state index contributed by atoms with van der Waals surface area (Å²) in [5.41, 5.74) is 5.45. The molecule has 0 saturated carbocycles. The lowest BCUT2D eigenvalue weighted by molar-refractivity contribution is 0.616. The largest absolute Gasteiger partial charge is 0.330 e. The van der Waals surface area contributed by atoms with E-state index >= 15 is 0 Å². The SMILES string of the molecule is CCC(CCN)S(=O)C(C)(C)C. The van der Waals surface area contributed by atoms with Crippen LogP contribution in [0.1, 0.15) is 40.5 Å². The summed E-state index contributed by atoms with van der Waals surface area (Å²) in [5, 5.41) is 0.273. The predicted octanol–water partition coefficient (Wildman–Crippen LogP) is 1.66. The van der Waals surface area contributed by atoms with Gasteiger partial charge in [-0.25, -0.2) is 0 Å². The molecule has 0 spiro atoms. The Bertz CT molecular complexity index is 151. The number of rotatable bonds is 4. The highest BCUT2D eigenvalue weighted by atomic mass is 32.2.